The van der Waals surface area contributed by atoms with Crippen LogP contribution in [0.15, 0.2) is 54.6 Å². The minimum Gasteiger partial charge on any atom is -0.477 e. The minimum absolute atomic E-state index is 0.577. The molecule has 0 saturated heterocycles. The van der Waals surface area contributed by atoms with Crippen LogP contribution in [0.1, 0.15) is 24.0 Å². The highest BCUT2D eigenvalue weighted by Gasteiger charge is 2.21. The predicted octanol–water partition coefficient (Wildman–Crippen LogP) is 4.35. The number of fused-ring (bicyclic) bond motifs is 2. The van der Waals surface area contributed by atoms with E-state index in [0.717, 1.165) is 47.2 Å². The summed E-state index contributed by atoms with van der Waals surface area (Å²) in [4.78, 5) is 9.58. The maximum absolute atomic E-state index is 5.96. The Kier molecular flexibility index (Phi) is 4.37. The smallest absolute Gasteiger partial charge is 0.222 e. The van der Waals surface area contributed by atoms with Gasteiger partial charge >= 0.3 is 0 Å². The Balaban J connectivity index is 1.57. The van der Waals surface area contributed by atoms with Crippen molar-refractivity contribution in [1.82, 2.24) is 20.2 Å². The minimum atomic E-state index is 0.577. The Hall–Kier alpha value is -3.41. The molecule has 0 fully saturated rings. The standard InChI is InChI=1S/C22H21N5O/c1-2-8-15(9-3-1)14-23-20-17-11-6-7-13-28-22(17)25-21(24-20)19-16-10-4-5-12-18(16)26-27-19/h1-5,8-10,12H,6-7,11,13-14H2,(H,26,27)(H,23,24,25). The van der Waals surface area contributed by atoms with Gasteiger partial charge in [-0.05, 0) is 30.9 Å². The summed E-state index contributed by atoms with van der Waals surface area (Å²) in [5.41, 5.74) is 3.97. The SMILES string of the molecule is c1ccc(CNc2nc(-c3n[nH]c4ccccc34)nc3c2CCCCO3)cc1. The van der Waals surface area contributed by atoms with Gasteiger partial charge in [0.1, 0.15) is 11.5 Å². The van der Waals surface area contributed by atoms with Gasteiger partial charge in [0.2, 0.25) is 5.88 Å². The molecule has 0 unspecified atom stereocenters. The van der Waals surface area contributed by atoms with Crippen molar-refractivity contribution in [1.29, 1.82) is 0 Å². The number of nitrogens with one attached hydrogen (secondary N) is 2. The molecule has 0 spiro atoms. The summed E-state index contributed by atoms with van der Waals surface area (Å²) in [6, 6.07) is 18.3. The van der Waals surface area contributed by atoms with Gasteiger partial charge in [0.15, 0.2) is 5.82 Å². The number of ether oxygens (including phenoxy) is 1. The van der Waals surface area contributed by atoms with Gasteiger partial charge in [0.05, 0.1) is 17.7 Å². The molecule has 140 valence electrons. The first-order valence-corrected chi connectivity index (χ1v) is 9.63. The number of anilines is 1. The van der Waals surface area contributed by atoms with Gasteiger partial charge in [-0.15, -0.1) is 0 Å². The molecule has 0 atom stereocenters. The average Bonchev–Trinajstić information content (AvgIpc) is 3.03. The van der Waals surface area contributed by atoms with Crippen molar-refractivity contribution < 1.29 is 4.74 Å². The fourth-order valence-electron chi connectivity index (χ4n) is 3.55. The molecular formula is C22H21N5O. The van der Waals surface area contributed by atoms with Gasteiger partial charge in [-0.2, -0.15) is 10.1 Å². The second kappa shape index (κ2) is 7.31. The summed E-state index contributed by atoms with van der Waals surface area (Å²) in [5.74, 6) is 2.08. The second-order valence-electron chi connectivity index (χ2n) is 6.94. The molecule has 0 saturated carbocycles. The Morgan fingerprint density at radius 3 is 2.75 bits per heavy atom. The van der Waals surface area contributed by atoms with E-state index in [1.807, 2.05) is 42.5 Å². The molecule has 1 aliphatic rings. The molecule has 6 nitrogen and oxygen atoms in total. The van der Waals surface area contributed by atoms with Crippen molar-refractivity contribution in [3.63, 3.8) is 0 Å². The highest BCUT2D eigenvalue weighted by atomic mass is 16.5. The molecule has 1 aliphatic heterocycles. The highest BCUT2D eigenvalue weighted by molar-refractivity contribution is 5.91. The van der Waals surface area contributed by atoms with Crippen molar-refractivity contribution in [2.75, 3.05) is 11.9 Å². The predicted molar refractivity (Wildman–Crippen MR) is 109 cm³/mol. The number of hydrogen-bond donors (Lipinski definition) is 2. The van der Waals surface area contributed by atoms with E-state index in [1.165, 1.54) is 5.56 Å². The molecule has 2 N–H and O–H groups in total. The lowest BCUT2D eigenvalue weighted by Crippen LogP contribution is -2.09. The molecule has 3 heterocycles. The second-order valence-corrected chi connectivity index (χ2v) is 6.94. The van der Waals surface area contributed by atoms with Crippen molar-refractivity contribution in [3.8, 4) is 17.4 Å². The lowest BCUT2D eigenvalue weighted by atomic mass is 10.1. The lowest BCUT2D eigenvalue weighted by molar-refractivity contribution is 0.305. The highest BCUT2D eigenvalue weighted by Crippen LogP contribution is 2.32. The van der Waals surface area contributed by atoms with E-state index in [4.69, 9.17) is 14.7 Å². The average molecular weight is 371 g/mol. The molecular weight excluding hydrogens is 350 g/mol. The van der Waals surface area contributed by atoms with Crippen molar-refractivity contribution in [2.24, 2.45) is 0 Å². The first-order chi connectivity index (χ1) is 13.9. The zero-order valence-corrected chi connectivity index (χ0v) is 15.5. The number of aromatic nitrogens is 4. The first-order valence-electron chi connectivity index (χ1n) is 9.63. The molecule has 0 radical (unpaired) electrons. The molecule has 0 amide bonds. The number of benzene rings is 2. The number of H-pyrrole nitrogens is 1. The van der Waals surface area contributed by atoms with Crippen LogP contribution in [0.3, 0.4) is 0 Å². The summed E-state index contributed by atoms with van der Waals surface area (Å²) in [7, 11) is 0. The van der Waals surface area contributed by atoms with Crippen molar-refractivity contribution >= 4 is 16.7 Å². The van der Waals surface area contributed by atoms with Crippen LogP contribution in [0.5, 0.6) is 5.88 Å². The fraction of sp³-hybridized carbons (Fsp3) is 0.227. The van der Waals surface area contributed by atoms with E-state index in [9.17, 15) is 0 Å². The monoisotopic (exact) mass is 371 g/mol. The molecule has 0 bridgehead atoms. The van der Waals surface area contributed by atoms with Gasteiger partial charge < -0.3 is 10.1 Å². The van der Waals surface area contributed by atoms with Crippen molar-refractivity contribution in [3.05, 3.63) is 65.7 Å². The van der Waals surface area contributed by atoms with Crippen LogP contribution in [-0.4, -0.2) is 26.8 Å². The zero-order chi connectivity index (χ0) is 18.8. The van der Waals surface area contributed by atoms with Crippen LogP contribution in [0.4, 0.5) is 5.82 Å². The Bertz CT molecular complexity index is 1110. The quantitative estimate of drug-likeness (QED) is 0.558. The lowest BCUT2D eigenvalue weighted by Gasteiger charge is -2.14. The third kappa shape index (κ3) is 3.17. The van der Waals surface area contributed by atoms with Gasteiger partial charge in [-0.1, -0.05) is 48.5 Å². The van der Waals surface area contributed by atoms with E-state index in [0.29, 0.717) is 24.9 Å². The molecule has 4 aromatic rings. The van der Waals surface area contributed by atoms with Crippen LogP contribution in [-0.2, 0) is 13.0 Å². The summed E-state index contributed by atoms with van der Waals surface area (Å²) >= 11 is 0. The third-order valence-corrected chi connectivity index (χ3v) is 5.01. The van der Waals surface area contributed by atoms with Crippen LogP contribution < -0.4 is 10.1 Å². The maximum Gasteiger partial charge on any atom is 0.222 e. The molecule has 2 aromatic carbocycles. The van der Waals surface area contributed by atoms with E-state index >= 15 is 0 Å². The topological polar surface area (TPSA) is 75.7 Å². The summed E-state index contributed by atoms with van der Waals surface area (Å²) < 4.78 is 5.96. The number of hydrogen-bond acceptors (Lipinski definition) is 5. The number of nitrogens with zero attached hydrogens (tertiary/aromatic N) is 3. The Morgan fingerprint density at radius 2 is 1.82 bits per heavy atom. The van der Waals surface area contributed by atoms with Gasteiger partial charge in [0.25, 0.3) is 0 Å². The van der Waals surface area contributed by atoms with E-state index in [-0.39, 0.29) is 0 Å². The van der Waals surface area contributed by atoms with Crippen LogP contribution in [0.25, 0.3) is 22.4 Å². The summed E-state index contributed by atoms with van der Waals surface area (Å²) in [5, 5.41) is 12.0. The van der Waals surface area contributed by atoms with Crippen LogP contribution in [0, 0.1) is 0 Å². The molecule has 2 aromatic heterocycles. The van der Waals surface area contributed by atoms with Gasteiger partial charge in [0, 0.05) is 11.9 Å². The van der Waals surface area contributed by atoms with Crippen LogP contribution >= 0.6 is 0 Å². The van der Waals surface area contributed by atoms with Gasteiger partial charge in [-0.3, -0.25) is 5.10 Å². The fourth-order valence-corrected chi connectivity index (χ4v) is 3.55. The summed E-state index contributed by atoms with van der Waals surface area (Å²) in [6.07, 6.45) is 3.00. The largest absolute Gasteiger partial charge is 0.477 e. The summed E-state index contributed by atoms with van der Waals surface area (Å²) in [6.45, 7) is 1.38. The molecule has 28 heavy (non-hydrogen) atoms. The maximum atomic E-state index is 5.96. The van der Waals surface area contributed by atoms with E-state index < -0.39 is 0 Å². The normalized spacial score (nSPS) is 13.6. The molecule has 0 aliphatic carbocycles. The number of rotatable bonds is 4. The number of aromatic amines is 1. The Morgan fingerprint density at radius 1 is 0.964 bits per heavy atom. The van der Waals surface area contributed by atoms with E-state index in [2.05, 4.69) is 27.6 Å². The van der Waals surface area contributed by atoms with Crippen molar-refractivity contribution in [2.45, 2.75) is 25.8 Å². The Labute approximate surface area is 163 Å². The van der Waals surface area contributed by atoms with Crippen LogP contribution in [0.2, 0.25) is 0 Å². The first kappa shape index (κ1) is 16.7. The molecule has 5 rings (SSSR count). The number of para-hydroxylation sites is 1. The third-order valence-electron chi connectivity index (χ3n) is 5.01. The molecule has 6 heteroatoms. The van der Waals surface area contributed by atoms with E-state index in [1.54, 1.807) is 0 Å². The zero-order valence-electron chi connectivity index (χ0n) is 15.5. The van der Waals surface area contributed by atoms with Gasteiger partial charge in [-0.25, -0.2) is 4.98 Å².